The molecule has 1 amide bonds. The smallest absolute Gasteiger partial charge is 0.252 e. The topological polar surface area (TPSA) is 29.1 Å². The Morgan fingerprint density at radius 3 is 2.86 bits per heavy atom. The number of amides is 1. The number of thiophene rings is 1. The summed E-state index contributed by atoms with van der Waals surface area (Å²) in [6, 6.07) is 7.93. The van der Waals surface area contributed by atoms with E-state index in [1.54, 1.807) is 11.3 Å². The van der Waals surface area contributed by atoms with Crippen LogP contribution >= 0.6 is 34.7 Å². The number of carbonyl (C=O) groups is 1. The largest absolute Gasteiger partial charge is 0.345 e. The van der Waals surface area contributed by atoms with E-state index in [0.717, 1.165) is 33.2 Å². The van der Waals surface area contributed by atoms with Gasteiger partial charge in [0.1, 0.15) is 0 Å². The van der Waals surface area contributed by atoms with Crippen molar-refractivity contribution in [2.45, 2.75) is 31.2 Å². The molecule has 21 heavy (non-hydrogen) atoms. The number of thioether (sulfide) groups is 1. The summed E-state index contributed by atoms with van der Waals surface area (Å²) in [5, 5.41) is 3.89. The molecule has 0 aliphatic carbocycles. The molecule has 2 heterocycles. The molecule has 1 aliphatic rings. The van der Waals surface area contributed by atoms with E-state index in [1.807, 2.05) is 49.9 Å². The molecule has 0 spiro atoms. The molecule has 1 aliphatic heterocycles. The predicted octanol–water partition coefficient (Wildman–Crippen LogP) is 4.99. The molecule has 0 bridgehead atoms. The van der Waals surface area contributed by atoms with Crippen LogP contribution in [0.15, 0.2) is 29.2 Å². The van der Waals surface area contributed by atoms with E-state index in [0.29, 0.717) is 0 Å². The van der Waals surface area contributed by atoms with Crippen molar-refractivity contribution in [3.8, 4) is 0 Å². The Kier molecular flexibility index (Phi) is 4.29. The third-order valence-electron chi connectivity index (χ3n) is 3.60. The molecule has 0 fully saturated rings. The monoisotopic (exact) mass is 337 g/mol. The molecule has 1 aromatic carbocycles. The lowest BCUT2D eigenvalue weighted by Gasteiger charge is -2.26. The van der Waals surface area contributed by atoms with E-state index in [-0.39, 0.29) is 11.9 Å². The van der Waals surface area contributed by atoms with Crippen molar-refractivity contribution in [3.63, 3.8) is 0 Å². The zero-order valence-corrected chi connectivity index (χ0v) is 14.3. The van der Waals surface area contributed by atoms with Gasteiger partial charge in [-0.1, -0.05) is 11.6 Å². The summed E-state index contributed by atoms with van der Waals surface area (Å²) in [6.45, 7) is 4.02. The van der Waals surface area contributed by atoms with Crippen molar-refractivity contribution in [1.82, 2.24) is 5.32 Å². The SMILES string of the molecule is Cc1cc(C(=O)NC2CCSc3ccc(Cl)cc32)c(C)s1. The van der Waals surface area contributed by atoms with Crippen LogP contribution in [0.2, 0.25) is 5.02 Å². The molecule has 2 aromatic rings. The summed E-state index contributed by atoms with van der Waals surface area (Å²) in [7, 11) is 0. The van der Waals surface area contributed by atoms with Crippen LogP contribution in [-0.2, 0) is 0 Å². The minimum atomic E-state index is 0.0136. The molecule has 1 unspecified atom stereocenters. The molecule has 1 N–H and O–H groups in total. The van der Waals surface area contributed by atoms with Gasteiger partial charge in [0.15, 0.2) is 0 Å². The van der Waals surface area contributed by atoms with Crippen molar-refractivity contribution < 1.29 is 4.79 Å². The molecular formula is C16H16ClNOS2. The first-order valence-electron chi connectivity index (χ1n) is 6.85. The van der Waals surface area contributed by atoms with Gasteiger partial charge < -0.3 is 5.32 Å². The number of hydrogen-bond acceptors (Lipinski definition) is 3. The van der Waals surface area contributed by atoms with Crippen molar-refractivity contribution in [3.05, 3.63) is 50.2 Å². The van der Waals surface area contributed by atoms with E-state index in [9.17, 15) is 4.79 Å². The Morgan fingerprint density at radius 2 is 2.14 bits per heavy atom. The number of fused-ring (bicyclic) bond motifs is 1. The molecule has 0 saturated heterocycles. The van der Waals surface area contributed by atoms with Crippen LogP contribution in [0.25, 0.3) is 0 Å². The Hall–Kier alpha value is -0.970. The first kappa shape index (κ1) is 14.9. The molecule has 110 valence electrons. The van der Waals surface area contributed by atoms with Gasteiger partial charge in [-0.15, -0.1) is 23.1 Å². The van der Waals surface area contributed by atoms with Gasteiger partial charge in [0.05, 0.1) is 11.6 Å². The van der Waals surface area contributed by atoms with Crippen LogP contribution in [0.1, 0.15) is 38.1 Å². The van der Waals surface area contributed by atoms with Gasteiger partial charge in [-0.3, -0.25) is 4.79 Å². The lowest BCUT2D eigenvalue weighted by atomic mass is 10.0. The van der Waals surface area contributed by atoms with Crippen LogP contribution in [-0.4, -0.2) is 11.7 Å². The first-order valence-corrected chi connectivity index (χ1v) is 9.03. The fraction of sp³-hybridized carbons (Fsp3) is 0.312. The third-order valence-corrected chi connectivity index (χ3v) is 5.93. The standard InChI is InChI=1S/C16H16ClNOS2/c1-9-7-12(10(2)21-9)16(19)18-14-5-6-20-15-4-3-11(17)8-13(14)15/h3-4,7-8,14H,5-6H2,1-2H3,(H,18,19). The van der Waals surface area contributed by atoms with Crippen molar-refractivity contribution in [2.24, 2.45) is 0 Å². The zero-order valence-electron chi connectivity index (χ0n) is 11.9. The van der Waals surface area contributed by atoms with Crippen molar-refractivity contribution >= 4 is 40.6 Å². The molecule has 0 saturated carbocycles. The van der Waals surface area contributed by atoms with Crippen LogP contribution < -0.4 is 5.32 Å². The van der Waals surface area contributed by atoms with Gasteiger partial charge in [0.2, 0.25) is 0 Å². The highest BCUT2D eigenvalue weighted by Gasteiger charge is 2.24. The van der Waals surface area contributed by atoms with E-state index >= 15 is 0 Å². The Morgan fingerprint density at radius 1 is 1.33 bits per heavy atom. The maximum Gasteiger partial charge on any atom is 0.252 e. The van der Waals surface area contributed by atoms with Gasteiger partial charge in [-0.2, -0.15) is 0 Å². The molecule has 0 radical (unpaired) electrons. The normalized spacial score (nSPS) is 17.4. The molecule has 2 nitrogen and oxygen atoms in total. The number of benzene rings is 1. The van der Waals surface area contributed by atoms with Crippen molar-refractivity contribution in [2.75, 3.05) is 5.75 Å². The fourth-order valence-corrected chi connectivity index (χ4v) is 4.81. The average Bonchev–Trinajstić information content (AvgIpc) is 2.78. The summed E-state index contributed by atoms with van der Waals surface area (Å²) in [5.41, 5.74) is 1.93. The first-order chi connectivity index (χ1) is 10.0. The van der Waals surface area contributed by atoms with Crippen molar-refractivity contribution in [1.29, 1.82) is 0 Å². The molecule has 1 aromatic heterocycles. The second-order valence-corrected chi connectivity index (χ2v) is 8.21. The van der Waals surface area contributed by atoms with Gasteiger partial charge in [0.25, 0.3) is 5.91 Å². The van der Waals surface area contributed by atoms with Crippen LogP contribution in [0.3, 0.4) is 0 Å². The summed E-state index contributed by atoms with van der Waals surface area (Å²) in [4.78, 5) is 16.0. The number of halogens is 1. The molecular weight excluding hydrogens is 322 g/mol. The molecule has 1 atom stereocenters. The second-order valence-electron chi connectivity index (χ2n) is 5.17. The van der Waals surface area contributed by atoms with E-state index in [1.165, 1.54) is 9.77 Å². The fourth-order valence-electron chi connectivity index (χ4n) is 2.61. The Bertz CT molecular complexity index is 696. The molecule has 3 rings (SSSR count). The average molecular weight is 338 g/mol. The van der Waals surface area contributed by atoms with E-state index in [4.69, 9.17) is 11.6 Å². The van der Waals surface area contributed by atoms with Gasteiger partial charge in [-0.05, 0) is 50.1 Å². The number of hydrogen-bond donors (Lipinski definition) is 1. The maximum absolute atomic E-state index is 12.5. The maximum atomic E-state index is 12.5. The summed E-state index contributed by atoms with van der Waals surface area (Å²) >= 11 is 9.59. The summed E-state index contributed by atoms with van der Waals surface area (Å²) in [5.74, 6) is 1.03. The third kappa shape index (κ3) is 3.12. The lowest BCUT2D eigenvalue weighted by Crippen LogP contribution is -2.30. The number of aryl methyl sites for hydroxylation is 2. The highest BCUT2D eigenvalue weighted by molar-refractivity contribution is 7.99. The minimum absolute atomic E-state index is 0.0136. The van der Waals surface area contributed by atoms with Gasteiger partial charge >= 0.3 is 0 Å². The van der Waals surface area contributed by atoms with E-state index < -0.39 is 0 Å². The molecule has 5 heteroatoms. The number of nitrogens with one attached hydrogen (secondary N) is 1. The second kappa shape index (κ2) is 6.03. The quantitative estimate of drug-likeness (QED) is 0.836. The summed E-state index contributed by atoms with van der Waals surface area (Å²) < 4.78 is 0. The number of carbonyl (C=O) groups excluding carboxylic acids is 1. The highest BCUT2D eigenvalue weighted by atomic mass is 35.5. The van der Waals surface area contributed by atoms with E-state index in [2.05, 4.69) is 5.32 Å². The highest BCUT2D eigenvalue weighted by Crippen LogP contribution is 2.37. The Labute approximate surface area is 137 Å². The summed E-state index contributed by atoms with van der Waals surface area (Å²) in [6.07, 6.45) is 0.936. The predicted molar refractivity (Wildman–Crippen MR) is 90.8 cm³/mol. The van der Waals surface area contributed by atoms with Gasteiger partial charge in [-0.25, -0.2) is 0 Å². The van der Waals surface area contributed by atoms with Gasteiger partial charge in [0, 0.05) is 25.4 Å². The minimum Gasteiger partial charge on any atom is -0.345 e. The zero-order chi connectivity index (χ0) is 15.0. The Balaban J connectivity index is 1.85. The lowest BCUT2D eigenvalue weighted by molar-refractivity contribution is 0.0935. The van der Waals surface area contributed by atoms with Crippen LogP contribution in [0, 0.1) is 13.8 Å². The van der Waals surface area contributed by atoms with Crippen LogP contribution in [0.5, 0.6) is 0 Å². The van der Waals surface area contributed by atoms with Crippen LogP contribution in [0.4, 0.5) is 0 Å². The number of rotatable bonds is 2.